The highest BCUT2D eigenvalue weighted by Crippen LogP contribution is 2.36. The van der Waals surface area contributed by atoms with Gasteiger partial charge >= 0.3 is 0 Å². The molecule has 0 saturated heterocycles. The summed E-state index contributed by atoms with van der Waals surface area (Å²) in [5.41, 5.74) is 7.57. The number of H-pyrrole nitrogens is 1. The Morgan fingerprint density at radius 1 is 1.50 bits per heavy atom. The molecule has 0 aliphatic heterocycles. The average molecular weight is 221 g/mol. The Kier molecular flexibility index (Phi) is 2.76. The van der Waals surface area contributed by atoms with Crippen LogP contribution in [0.15, 0.2) is 24.4 Å². The van der Waals surface area contributed by atoms with E-state index in [9.17, 15) is 4.39 Å². The highest BCUT2D eigenvalue weighted by molar-refractivity contribution is 5.80. The van der Waals surface area contributed by atoms with Crippen molar-refractivity contribution in [1.82, 2.24) is 10.2 Å². The quantitative estimate of drug-likeness (QED) is 0.834. The van der Waals surface area contributed by atoms with E-state index in [4.69, 9.17) is 10.5 Å². The summed E-state index contributed by atoms with van der Waals surface area (Å²) in [6, 6.07) is 5.21. The first-order valence-electron chi connectivity index (χ1n) is 4.79. The minimum Gasteiger partial charge on any atom is -0.496 e. The number of nitrogen functional groups attached to an aromatic ring is 1. The number of nitrogens with two attached hydrogens (primary N) is 1. The van der Waals surface area contributed by atoms with Gasteiger partial charge in [0.2, 0.25) is 0 Å². The number of hydrogen-bond acceptors (Lipinski definition) is 3. The van der Waals surface area contributed by atoms with E-state index in [0.717, 1.165) is 0 Å². The van der Waals surface area contributed by atoms with Crippen LogP contribution >= 0.6 is 0 Å². The van der Waals surface area contributed by atoms with Crippen LogP contribution < -0.4 is 10.5 Å². The van der Waals surface area contributed by atoms with Crippen molar-refractivity contribution in [3.8, 4) is 16.9 Å². The SMILES string of the molecule is COc1cccc(CF)c1-c1cn[nH]c1N. The van der Waals surface area contributed by atoms with Crippen molar-refractivity contribution in [1.29, 1.82) is 0 Å². The molecule has 0 atom stereocenters. The number of rotatable bonds is 3. The molecular weight excluding hydrogens is 209 g/mol. The molecule has 4 nitrogen and oxygen atoms in total. The summed E-state index contributed by atoms with van der Waals surface area (Å²) in [7, 11) is 1.54. The molecule has 0 bridgehead atoms. The number of anilines is 1. The number of ether oxygens (including phenoxy) is 1. The maximum Gasteiger partial charge on any atom is 0.127 e. The largest absolute Gasteiger partial charge is 0.496 e. The summed E-state index contributed by atoms with van der Waals surface area (Å²) in [5.74, 6) is 0.988. The number of alkyl halides is 1. The minimum absolute atomic E-state index is 0.402. The van der Waals surface area contributed by atoms with Crippen molar-refractivity contribution in [3.05, 3.63) is 30.0 Å². The van der Waals surface area contributed by atoms with E-state index in [1.54, 1.807) is 24.4 Å². The van der Waals surface area contributed by atoms with Crippen molar-refractivity contribution in [2.45, 2.75) is 6.67 Å². The summed E-state index contributed by atoms with van der Waals surface area (Å²) >= 11 is 0. The van der Waals surface area contributed by atoms with Crippen LogP contribution in [0.1, 0.15) is 5.56 Å². The van der Waals surface area contributed by atoms with E-state index in [0.29, 0.717) is 28.3 Å². The van der Waals surface area contributed by atoms with E-state index < -0.39 is 6.67 Å². The van der Waals surface area contributed by atoms with Gasteiger partial charge in [0.15, 0.2) is 0 Å². The molecule has 2 aromatic rings. The number of methoxy groups -OCH3 is 1. The monoisotopic (exact) mass is 221 g/mol. The molecule has 84 valence electrons. The van der Waals surface area contributed by atoms with Gasteiger partial charge in [-0.25, -0.2) is 4.39 Å². The Hall–Kier alpha value is -2.04. The summed E-state index contributed by atoms with van der Waals surface area (Å²) in [4.78, 5) is 0. The molecule has 0 saturated carbocycles. The molecular formula is C11H12FN3O. The standard InChI is InChI=1S/C11H12FN3O/c1-16-9-4-2-3-7(5-12)10(9)8-6-14-15-11(8)13/h2-4,6H,5H2,1H3,(H3,13,14,15). The normalized spacial score (nSPS) is 10.4. The molecule has 1 aromatic heterocycles. The molecule has 0 spiro atoms. The van der Waals surface area contributed by atoms with Crippen LogP contribution in [0.4, 0.5) is 10.2 Å². The summed E-state index contributed by atoms with van der Waals surface area (Å²) in [6.45, 7) is -0.572. The van der Waals surface area contributed by atoms with Gasteiger partial charge in [0.1, 0.15) is 18.2 Å². The molecule has 1 aromatic carbocycles. The van der Waals surface area contributed by atoms with Crippen molar-refractivity contribution >= 4 is 5.82 Å². The van der Waals surface area contributed by atoms with Gasteiger partial charge in [0.05, 0.1) is 13.3 Å². The molecule has 16 heavy (non-hydrogen) atoms. The number of aromatic amines is 1. The van der Waals surface area contributed by atoms with Gasteiger partial charge in [-0.15, -0.1) is 0 Å². The van der Waals surface area contributed by atoms with Gasteiger partial charge in [-0.05, 0) is 11.6 Å². The Morgan fingerprint density at radius 2 is 2.31 bits per heavy atom. The van der Waals surface area contributed by atoms with Crippen molar-refractivity contribution < 1.29 is 9.13 Å². The predicted molar refractivity (Wildman–Crippen MR) is 59.8 cm³/mol. The van der Waals surface area contributed by atoms with E-state index in [-0.39, 0.29) is 0 Å². The molecule has 3 N–H and O–H groups in total. The summed E-state index contributed by atoms with van der Waals surface area (Å²) in [6.07, 6.45) is 1.56. The lowest BCUT2D eigenvalue weighted by Crippen LogP contribution is -1.95. The zero-order valence-corrected chi connectivity index (χ0v) is 8.83. The van der Waals surface area contributed by atoms with Crippen LogP contribution in [0.5, 0.6) is 5.75 Å². The molecule has 0 aliphatic carbocycles. The fourth-order valence-electron chi connectivity index (χ4n) is 1.66. The minimum atomic E-state index is -0.572. The Labute approximate surface area is 92.2 Å². The molecule has 0 amide bonds. The van der Waals surface area contributed by atoms with Gasteiger partial charge in [0.25, 0.3) is 0 Å². The second-order valence-corrected chi connectivity index (χ2v) is 3.33. The molecule has 0 fully saturated rings. The molecule has 2 rings (SSSR count). The zero-order valence-electron chi connectivity index (χ0n) is 8.83. The molecule has 1 heterocycles. The third-order valence-electron chi connectivity index (χ3n) is 2.41. The van der Waals surface area contributed by atoms with Crippen LogP contribution in [-0.2, 0) is 6.67 Å². The smallest absolute Gasteiger partial charge is 0.127 e. The van der Waals surface area contributed by atoms with Crippen molar-refractivity contribution in [3.63, 3.8) is 0 Å². The first kappa shape index (κ1) is 10.5. The van der Waals surface area contributed by atoms with Crippen LogP contribution in [-0.4, -0.2) is 17.3 Å². The summed E-state index contributed by atoms with van der Waals surface area (Å²) < 4.78 is 18.1. The topological polar surface area (TPSA) is 63.9 Å². The second kappa shape index (κ2) is 4.22. The van der Waals surface area contributed by atoms with Crippen molar-refractivity contribution in [2.24, 2.45) is 0 Å². The van der Waals surface area contributed by atoms with Crippen LogP contribution in [0.25, 0.3) is 11.1 Å². The number of aromatic nitrogens is 2. The summed E-state index contributed by atoms with van der Waals surface area (Å²) in [5, 5.41) is 6.44. The lowest BCUT2D eigenvalue weighted by Gasteiger charge is -2.11. The van der Waals surface area contributed by atoms with E-state index in [1.807, 2.05) is 0 Å². The first-order valence-corrected chi connectivity index (χ1v) is 4.79. The Bertz CT molecular complexity index is 473. The predicted octanol–water partition coefficient (Wildman–Crippen LogP) is 2.14. The van der Waals surface area contributed by atoms with Crippen LogP contribution in [0.3, 0.4) is 0 Å². The zero-order chi connectivity index (χ0) is 11.5. The highest BCUT2D eigenvalue weighted by atomic mass is 19.1. The third-order valence-corrected chi connectivity index (χ3v) is 2.41. The van der Waals surface area contributed by atoms with Crippen LogP contribution in [0.2, 0.25) is 0 Å². The molecule has 0 radical (unpaired) electrons. The number of halogens is 1. The lowest BCUT2D eigenvalue weighted by molar-refractivity contribution is 0.414. The molecule has 0 aliphatic rings. The number of nitrogens with one attached hydrogen (secondary N) is 1. The van der Waals surface area contributed by atoms with E-state index in [2.05, 4.69) is 10.2 Å². The van der Waals surface area contributed by atoms with Gasteiger partial charge in [-0.3, -0.25) is 5.10 Å². The van der Waals surface area contributed by atoms with Crippen LogP contribution in [0, 0.1) is 0 Å². The fourth-order valence-corrected chi connectivity index (χ4v) is 1.66. The highest BCUT2D eigenvalue weighted by Gasteiger charge is 2.14. The number of benzene rings is 1. The Morgan fingerprint density at radius 3 is 2.88 bits per heavy atom. The van der Waals surface area contributed by atoms with Gasteiger partial charge in [-0.2, -0.15) is 5.10 Å². The van der Waals surface area contributed by atoms with Gasteiger partial charge in [0, 0.05) is 11.1 Å². The average Bonchev–Trinajstić information content (AvgIpc) is 2.74. The second-order valence-electron chi connectivity index (χ2n) is 3.33. The van der Waals surface area contributed by atoms with Gasteiger partial charge in [-0.1, -0.05) is 12.1 Å². The maximum atomic E-state index is 12.9. The Balaban J connectivity index is 2.66. The third kappa shape index (κ3) is 1.60. The lowest BCUT2D eigenvalue weighted by atomic mass is 10.0. The maximum absolute atomic E-state index is 12.9. The molecule has 0 unspecified atom stereocenters. The molecule has 5 heteroatoms. The van der Waals surface area contributed by atoms with Crippen molar-refractivity contribution in [2.75, 3.05) is 12.8 Å². The van der Waals surface area contributed by atoms with E-state index in [1.165, 1.54) is 7.11 Å². The van der Waals surface area contributed by atoms with E-state index >= 15 is 0 Å². The first-order chi connectivity index (χ1) is 7.77. The number of nitrogens with zero attached hydrogens (tertiary/aromatic N) is 1. The fraction of sp³-hybridized carbons (Fsp3) is 0.182. The van der Waals surface area contributed by atoms with Gasteiger partial charge < -0.3 is 10.5 Å². The number of hydrogen-bond donors (Lipinski definition) is 2.